The molecule has 1 aliphatic rings. The average Bonchev–Trinajstić information content (AvgIpc) is 3.12. The molecule has 2 atom stereocenters. The number of benzene rings is 3. The van der Waals surface area contributed by atoms with E-state index in [4.69, 9.17) is 15.2 Å². The number of amides is 5. The summed E-state index contributed by atoms with van der Waals surface area (Å²) < 4.78 is 22.3. The van der Waals surface area contributed by atoms with E-state index in [1.165, 1.54) is 19.1 Å². The van der Waals surface area contributed by atoms with Crippen molar-refractivity contribution in [3.63, 3.8) is 0 Å². The molecule has 16 heteroatoms. The van der Waals surface area contributed by atoms with E-state index < -0.39 is 67.3 Å². The van der Waals surface area contributed by atoms with Crippen LogP contribution in [-0.4, -0.2) is 77.7 Å². The second-order valence-corrected chi connectivity index (χ2v) is 15.3. The van der Waals surface area contributed by atoms with Crippen LogP contribution in [0.25, 0.3) is 10.8 Å². The third-order valence-corrected chi connectivity index (χ3v) is 10.3. The number of fused-ring (bicyclic) bond motifs is 1. The Bertz CT molecular complexity index is 1870. The number of aryl methyl sites for hydroxylation is 1. The van der Waals surface area contributed by atoms with Crippen LogP contribution in [0.2, 0.25) is 0 Å². The lowest BCUT2D eigenvalue weighted by Crippen LogP contribution is -2.65. The average molecular weight is 768 g/mol. The lowest BCUT2D eigenvalue weighted by atomic mass is 9.80. The molecular formula is C38H50N5O10P. The van der Waals surface area contributed by atoms with Gasteiger partial charge in [-0.3, -0.25) is 28.5 Å². The number of ether oxygens (including phenoxy) is 2. The fraction of sp³-hybridized carbons (Fsp3) is 0.447. The summed E-state index contributed by atoms with van der Waals surface area (Å²) in [7, 11) is -1.13. The molecule has 0 spiro atoms. The Balaban J connectivity index is 1.43. The molecule has 1 saturated carbocycles. The molecule has 8 N–H and O–H groups in total. The molecule has 0 bridgehead atoms. The number of nitrogens with one attached hydrogen (secondary N) is 4. The zero-order valence-electron chi connectivity index (χ0n) is 30.8. The second kappa shape index (κ2) is 18.9. The molecule has 0 heterocycles. The number of hydrogen-bond donors (Lipinski definition) is 7. The molecular weight excluding hydrogens is 717 g/mol. The van der Waals surface area contributed by atoms with E-state index in [1.54, 1.807) is 26.4 Å². The maximum absolute atomic E-state index is 14.0. The van der Waals surface area contributed by atoms with Gasteiger partial charge in [0.25, 0.3) is 0 Å². The summed E-state index contributed by atoms with van der Waals surface area (Å²) >= 11 is 0. The van der Waals surface area contributed by atoms with Gasteiger partial charge < -0.3 is 46.3 Å². The van der Waals surface area contributed by atoms with Gasteiger partial charge in [-0.25, -0.2) is 0 Å². The van der Waals surface area contributed by atoms with Crippen LogP contribution in [0.4, 0.5) is 0 Å². The summed E-state index contributed by atoms with van der Waals surface area (Å²) in [5.74, 6) is -1.92. The maximum atomic E-state index is 14.0. The summed E-state index contributed by atoms with van der Waals surface area (Å²) in [6.07, 6.45) is 2.87. The molecule has 0 unspecified atom stereocenters. The lowest BCUT2D eigenvalue weighted by molar-refractivity contribution is -0.139. The topological polar surface area (TPSA) is 235 Å². The first kappa shape index (κ1) is 41.8. The van der Waals surface area contributed by atoms with Gasteiger partial charge >= 0.3 is 7.60 Å². The number of carbonyl (C=O) groups is 5. The largest absolute Gasteiger partial charge is 0.493 e. The lowest BCUT2D eigenvalue weighted by Gasteiger charge is -2.38. The minimum atomic E-state index is -4.28. The van der Waals surface area contributed by atoms with E-state index in [9.17, 15) is 38.3 Å². The predicted octanol–water partition coefficient (Wildman–Crippen LogP) is 2.51. The van der Waals surface area contributed by atoms with Crippen molar-refractivity contribution in [2.45, 2.75) is 88.5 Å². The minimum Gasteiger partial charge on any atom is -0.493 e. The smallest absolute Gasteiger partial charge is 0.329 e. The zero-order chi connectivity index (χ0) is 39.5. The van der Waals surface area contributed by atoms with Crippen LogP contribution < -0.4 is 36.5 Å². The zero-order valence-corrected chi connectivity index (χ0v) is 31.7. The van der Waals surface area contributed by atoms with Crippen molar-refractivity contribution in [3.05, 3.63) is 71.3 Å². The highest BCUT2D eigenvalue weighted by molar-refractivity contribution is 7.50. The molecule has 15 nitrogen and oxygen atoms in total. The Morgan fingerprint density at radius 3 is 2.13 bits per heavy atom. The summed E-state index contributed by atoms with van der Waals surface area (Å²) in [6.45, 7) is 1.50. The van der Waals surface area contributed by atoms with E-state index in [-0.39, 0.29) is 25.8 Å². The fourth-order valence-corrected chi connectivity index (χ4v) is 7.49. The van der Waals surface area contributed by atoms with Crippen LogP contribution in [0.5, 0.6) is 11.5 Å². The molecule has 292 valence electrons. The molecule has 1 aliphatic carbocycles. The van der Waals surface area contributed by atoms with Gasteiger partial charge in [0.2, 0.25) is 29.5 Å². The van der Waals surface area contributed by atoms with Crippen LogP contribution in [0.15, 0.2) is 54.6 Å². The Hall–Kier alpha value is -4.98. The van der Waals surface area contributed by atoms with Crippen molar-refractivity contribution >= 4 is 47.9 Å². The highest BCUT2D eigenvalue weighted by Crippen LogP contribution is 2.39. The van der Waals surface area contributed by atoms with Gasteiger partial charge in [-0.15, -0.1) is 0 Å². The van der Waals surface area contributed by atoms with E-state index >= 15 is 0 Å². The first-order valence-electron chi connectivity index (χ1n) is 17.8. The van der Waals surface area contributed by atoms with Crippen molar-refractivity contribution in [2.75, 3.05) is 20.8 Å². The highest BCUT2D eigenvalue weighted by atomic mass is 31.2. The van der Waals surface area contributed by atoms with Crippen LogP contribution in [-0.2, 0) is 47.5 Å². The number of methoxy groups -OCH3 is 2. The fourth-order valence-electron chi connectivity index (χ4n) is 6.80. The van der Waals surface area contributed by atoms with Crippen LogP contribution in [0.1, 0.15) is 68.6 Å². The van der Waals surface area contributed by atoms with Gasteiger partial charge in [-0.05, 0) is 65.3 Å². The molecule has 0 radical (unpaired) electrons. The molecule has 3 aromatic rings. The first-order valence-corrected chi connectivity index (χ1v) is 19.6. The summed E-state index contributed by atoms with van der Waals surface area (Å²) in [6, 6.07) is 13.6. The Labute approximate surface area is 314 Å². The van der Waals surface area contributed by atoms with Gasteiger partial charge in [0, 0.05) is 19.9 Å². The Kier molecular flexibility index (Phi) is 14.6. The number of carbonyl (C=O) groups excluding carboxylic acids is 5. The quantitative estimate of drug-likeness (QED) is 0.0738. The first-order chi connectivity index (χ1) is 25.6. The van der Waals surface area contributed by atoms with Gasteiger partial charge in [-0.2, -0.15) is 0 Å². The van der Waals surface area contributed by atoms with E-state index in [1.807, 2.05) is 30.3 Å². The molecule has 0 aromatic heterocycles. The van der Waals surface area contributed by atoms with Crippen molar-refractivity contribution < 1.29 is 47.8 Å². The number of primary amides is 1. The molecule has 4 rings (SSSR count). The third-order valence-electron chi connectivity index (χ3n) is 9.47. The van der Waals surface area contributed by atoms with Crippen LogP contribution >= 0.6 is 7.60 Å². The summed E-state index contributed by atoms with van der Waals surface area (Å²) in [5, 5.41) is 12.9. The maximum Gasteiger partial charge on any atom is 0.329 e. The third kappa shape index (κ3) is 11.8. The van der Waals surface area contributed by atoms with Crippen molar-refractivity contribution in [3.8, 4) is 11.5 Å². The molecule has 0 aliphatic heterocycles. The van der Waals surface area contributed by atoms with E-state index in [2.05, 4.69) is 21.3 Å². The summed E-state index contributed by atoms with van der Waals surface area (Å²) in [5.41, 5.74) is 6.12. The molecule has 5 amide bonds. The monoisotopic (exact) mass is 767 g/mol. The Morgan fingerprint density at radius 2 is 1.52 bits per heavy atom. The van der Waals surface area contributed by atoms with Gasteiger partial charge in [0.1, 0.15) is 17.6 Å². The SMILES string of the molecule is COc1cc2cccc(CCCNC(=O)[C@H](CC(N)=O)NC(=O)C3(NC(=O)[C@H](Cc4ccc(CP(=O)(O)O)cc4)NC(C)=O)CCCCC3)c2cc1OC. The Morgan fingerprint density at radius 1 is 0.870 bits per heavy atom. The number of hydrogen-bond acceptors (Lipinski definition) is 8. The van der Waals surface area contributed by atoms with E-state index in [0.29, 0.717) is 48.3 Å². The molecule has 3 aromatic carbocycles. The second-order valence-electron chi connectivity index (χ2n) is 13.7. The van der Waals surface area contributed by atoms with Crippen molar-refractivity contribution in [1.82, 2.24) is 21.3 Å². The normalized spacial score (nSPS) is 15.0. The van der Waals surface area contributed by atoms with Gasteiger partial charge in [-0.1, -0.05) is 61.7 Å². The summed E-state index contributed by atoms with van der Waals surface area (Å²) in [4.78, 5) is 83.9. The van der Waals surface area contributed by atoms with Crippen LogP contribution in [0.3, 0.4) is 0 Å². The molecule has 1 fully saturated rings. The molecule has 0 saturated heterocycles. The number of nitrogens with two attached hydrogens (primary N) is 1. The van der Waals surface area contributed by atoms with E-state index in [0.717, 1.165) is 22.8 Å². The van der Waals surface area contributed by atoms with Crippen molar-refractivity contribution in [1.29, 1.82) is 0 Å². The van der Waals surface area contributed by atoms with Gasteiger partial charge in [0.15, 0.2) is 11.5 Å². The predicted molar refractivity (Wildman–Crippen MR) is 202 cm³/mol. The highest BCUT2D eigenvalue weighted by Gasteiger charge is 2.43. The standard InChI is InChI=1S/C38H50N5O10P/c1-24(44)41-30(19-25-12-14-26(15-13-25)23-54(49,50)51)36(47)43-38(16-5-4-6-17-38)37(48)42-31(22-34(39)45)35(46)40-18-8-11-27-9-7-10-28-20-32(52-2)33(53-3)21-29(27)28/h7,9-10,12-15,20-21,30-31H,4-6,8,11,16-19,22-23H2,1-3H3,(H2,39,45)(H,40,46)(H,41,44)(H,42,48)(H,43,47)(H2,49,50,51)/t30-,31-/m0/s1. The number of rotatable bonds is 18. The van der Waals surface area contributed by atoms with Crippen LogP contribution in [0, 0.1) is 0 Å². The van der Waals surface area contributed by atoms with Gasteiger partial charge in [0.05, 0.1) is 26.8 Å². The molecule has 54 heavy (non-hydrogen) atoms. The minimum absolute atomic E-state index is 0.0342. The van der Waals surface area contributed by atoms with Crippen molar-refractivity contribution in [2.24, 2.45) is 5.73 Å².